The number of nitrogens with zero attached hydrogens (tertiary/aromatic N) is 1. The zero-order chi connectivity index (χ0) is 19.0. The monoisotopic (exact) mass is 373 g/mol. The maximum Gasteiger partial charge on any atom is 0.416 e. The molecule has 0 saturated heterocycles. The number of hydrogen-bond acceptors (Lipinski definition) is 2. The molecule has 0 aliphatic rings. The van der Waals surface area contributed by atoms with Crippen LogP contribution in [0.3, 0.4) is 0 Å². The second kappa shape index (κ2) is 6.75. The van der Waals surface area contributed by atoms with Crippen LogP contribution in [0.4, 0.5) is 17.6 Å². The van der Waals surface area contributed by atoms with Crippen molar-refractivity contribution in [2.75, 3.05) is 0 Å². The molecule has 25 heavy (non-hydrogen) atoms. The normalized spacial score (nSPS) is 12.3. The van der Waals surface area contributed by atoms with E-state index in [1.807, 2.05) is 20.8 Å². The molecule has 0 atom stereocenters. The topological polar surface area (TPSA) is 30.0 Å². The molecule has 134 valence electrons. The number of carbonyl (C=O) groups excluding carboxylic acids is 1. The van der Waals surface area contributed by atoms with Gasteiger partial charge in [-0.2, -0.15) is 13.2 Å². The summed E-state index contributed by atoms with van der Waals surface area (Å²) in [7, 11) is 0. The van der Waals surface area contributed by atoms with E-state index in [0.717, 1.165) is 24.3 Å². The van der Waals surface area contributed by atoms with Crippen LogP contribution in [0.25, 0.3) is 11.3 Å². The molecule has 1 heterocycles. The minimum Gasteiger partial charge on any atom is -0.294 e. The summed E-state index contributed by atoms with van der Waals surface area (Å²) in [4.78, 5) is 16.0. The molecule has 0 aliphatic carbocycles. The predicted octanol–water partition coefficient (Wildman–Crippen LogP) is 6.18. The zero-order valence-corrected chi connectivity index (χ0v) is 14.6. The lowest BCUT2D eigenvalue weighted by Crippen LogP contribution is -2.14. The summed E-state index contributed by atoms with van der Waals surface area (Å²) in [5.41, 5.74) is -1.72. The van der Waals surface area contributed by atoms with Crippen LogP contribution < -0.4 is 0 Å². The first-order chi connectivity index (χ1) is 11.4. The average molecular weight is 374 g/mol. The van der Waals surface area contributed by atoms with Gasteiger partial charge < -0.3 is 0 Å². The highest BCUT2D eigenvalue weighted by molar-refractivity contribution is 6.33. The van der Waals surface area contributed by atoms with Crippen LogP contribution in [0.5, 0.6) is 0 Å². The summed E-state index contributed by atoms with van der Waals surface area (Å²) in [5, 5.41) is -0.233. The van der Waals surface area contributed by atoms with Crippen molar-refractivity contribution in [3.05, 3.63) is 52.4 Å². The van der Waals surface area contributed by atoms with Gasteiger partial charge in [0.1, 0.15) is 16.7 Å². The Morgan fingerprint density at radius 1 is 1.16 bits per heavy atom. The van der Waals surface area contributed by atoms with E-state index in [1.54, 1.807) is 0 Å². The summed E-state index contributed by atoms with van der Waals surface area (Å²) >= 11 is 5.98. The van der Waals surface area contributed by atoms with Gasteiger partial charge in [-0.1, -0.05) is 44.5 Å². The highest BCUT2D eigenvalue weighted by Gasteiger charge is 2.31. The molecule has 1 aromatic carbocycles. The molecule has 2 nitrogen and oxygen atoms in total. The number of benzene rings is 1. The number of pyridine rings is 1. The van der Waals surface area contributed by atoms with Gasteiger partial charge in [-0.05, 0) is 23.6 Å². The lowest BCUT2D eigenvalue weighted by molar-refractivity contribution is -0.137. The van der Waals surface area contributed by atoms with E-state index in [2.05, 4.69) is 4.98 Å². The van der Waals surface area contributed by atoms with Gasteiger partial charge in [0.2, 0.25) is 0 Å². The largest absolute Gasteiger partial charge is 0.416 e. The van der Waals surface area contributed by atoms with Crippen molar-refractivity contribution in [2.45, 2.75) is 33.4 Å². The molecular weight excluding hydrogens is 358 g/mol. The number of ketones is 1. The second-order valence-corrected chi connectivity index (χ2v) is 7.25. The second-order valence-electron chi connectivity index (χ2n) is 6.90. The lowest BCUT2D eigenvalue weighted by atomic mass is 9.88. The quantitative estimate of drug-likeness (QED) is 0.365. The summed E-state index contributed by atoms with van der Waals surface area (Å²) in [6.07, 6.45) is -4.42. The average Bonchev–Trinajstić information content (AvgIpc) is 2.46. The number of carbonyl (C=O) groups is 1. The first-order valence-electron chi connectivity index (χ1n) is 7.45. The molecule has 2 aromatic rings. The van der Waals surface area contributed by atoms with Crippen LogP contribution in [0.1, 0.15) is 43.1 Å². The molecule has 1 aromatic heterocycles. The Morgan fingerprint density at radius 2 is 1.80 bits per heavy atom. The standard InChI is InChI=1S/C18H16ClF4NO/c1-17(2,3)9-14(25)12-8-13(20)15(24-16(12)19)10-5-4-6-11(7-10)18(21,22)23/h4-8H,9H2,1-3H3. The summed E-state index contributed by atoms with van der Waals surface area (Å²) in [5.74, 6) is -1.28. The molecular formula is C18H16ClF4NO. The van der Waals surface area contributed by atoms with Crippen molar-refractivity contribution < 1.29 is 22.4 Å². The molecule has 0 N–H and O–H groups in total. The Kier molecular flexibility index (Phi) is 5.23. The van der Waals surface area contributed by atoms with E-state index in [-0.39, 0.29) is 39.6 Å². The number of alkyl halides is 3. The van der Waals surface area contributed by atoms with Crippen LogP contribution in [0.2, 0.25) is 5.15 Å². The summed E-state index contributed by atoms with van der Waals surface area (Å²) < 4.78 is 52.8. The van der Waals surface area contributed by atoms with Crippen molar-refractivity contribution in [1.82, 2.24) is 4.98 Å². The van der Waals surface area contributed by atoms with Gasteiger partial charge in [0.25, 0.3) is 0 Å². The van der Waals surface area contributed by atoms with E-state index < -0.39 is 17.6 Å². The van der Waals surface area contributed by atoms with Crippen LogP contribution in [-0.2, 0) is 6.18 Å². The highest BCUT2D eigenvalue weighted by Crippen LogP contribution is 2.33. The Bertz CT molecular complexity index is 810. The molecule has 0 amide bonds. The molecule has 0 unspecified atom stereocenters. The third-order valence-electron chi connectivity index (χ3n) is 3.38. The fourth-order valence-electron chi connectivity index (χ4n) is 2.28. The lowest BCUT2D eigenvalue weighted by Gasteiger charge is -2.17. The molecule has 0 spiro atoms. The predicted molar refractivity (Wildman–Crippen MR) is 88.0 cm³/mol. The third kappa shape index (κ3) is 4.78. The first-order valence-corrected chi connectivity index (χ1v) is 7.83. The Balaban J connectivity index is 2.46. The van der Waals surface area contributed by atoms with Crippen molar-refractivity contribution in [3.8, 4) is 11.3 Å². The van der Waals surface area contributed by atoms with Crippen LogP contribution in [0, 0.1) is 11.2 Å². The summed E-state index contributed by atoms with van der Waals surface area (Å²) in [6.45, 7) is 5.54. The number of hydrogen-bond donors (Lipinski definition) is 0. The number of halogens is 5. The van der Waals surface area contributed by atoms with Crippen LogP contribution in [0.15, 0.2) is 30.3 Å². The third-order valence-corrected chi connectivity index (χ3v) is 3.67. The van der Waals surface area contributed by atoms with Gasteiger partial charge >= 0.3 is 6.18 Å². The number of aromatic nitrogens is 1. The van der Waals surface area contributed by atoms with Crippen LogP contribution >= 0.6 is 11.6 Å². The van der Waals surface area contributed by atoms with Crippen molar-refractivity contribution in [1.29, 1.82) is 0 Å². The van der Waals surface area contributed by atoms with E-state index in [9.17, 15) is 22.4 Å². The minimum absolute atomic E-state index is 0.0657. The van der Waals surface area contributed by atoms with Gasteiger partial charge in [0.15, 0.2) is 5.78 Å². The van der Waals surface area contributed by atoms with Crippen molar-refractivity contribution >= 4 is 17.4 Å². The number of Topliss-reactive ketones (excluding diaryl/α,β-unsaturated/α-hetero) is 1. The van der Waals surface area contributed by atoms with E-state index in [0.29, 0.717) is 0 Å². The molecule has 0 aliphatic heterocycles. The van der Waals surface area contributed by atoms with Gasteiger partial charge in [-0.3, -0.25) is 4.79 Å². The Morgan fingerprint density at radius 3 is 2.36 bits per heavy atom. The molecule has 0 fully saturated rings. The molecule has 0 bridgehead atoms. The molecule has 0 radical (unpaired) electrons. The van der Waals surface area contributed by atoms with Crippen LogP contribution in [-0.4, -0.2) is 10.8 Å². The number of rotatable bonds is 3. The molecule has 7 heteroatoms. The highest BCUT2D eigenvalue weighted by atomic mass is 35.5. The van der Waals surface area contributed by atoms with Gasteiger partial charge in [-0.25, -0.2) is 9.37 Å². The van der Waals surface area contributed by atoms with Gasteiger partial charge in [0.05, 0.1) is 11.1 Å². The Hall–Kier alpha value is -1.95. The fraction of sp³-hybridized carbons (Fsp3) is 0.333. The SMILES string of the molecule is CC(C)(C)CC(=O)c1cc(F)c(-c2cccc(C(F)(F)F)c2)nc1Cl. The van der Waals surface area contributed by atoms with Crippen molar-refractivity contribution in [2.24, 2.45) is 5.41 Å². The first kappa shape index (κ1) is 19.4. The van der Waals surface area contributed by atoms with Crippen molar-refractivity contribution in [3.63, 3.8) is 0 Å². The van der Waals surface area contributed by atoms with Gasteiger partial charge in [0, 0.05) is 12.0 Å². The van der Waals surface area contributed by atoms with E-state index >= 15 is 0 Å². The van der Waals surface area contributed by atoms with Gasteiger partial charge in [-0.15, -0.1) is 0 Å². The minimum atomic E-state index is -4.56. The summed E-state index contributed by atoms with van der Waals surface area (Å²) in [6, 6.07) is 5.06. The molecule has 2 rings (SSSR count). The maximum atomic E-state index is 14.4. The fourth-order valence-corrected chi connectivity index (χ4v) is 2.53. The maximum absolute atomic E-state index is 14.4. The Labute approximate surface area is 147 Å². The molecule has 0 saturated carbocycles. The zero-order valence-electron chi connectivity index (χ0n) is 13.8. The smallest absolute Gasteiger partial charge is 0.294 e. The van der Waals surface area contributed by atoms with E-state index in [4.69, 9.17) is 11.6 Å². The van der Waals surface area contributed by atoms with E-state index in [1.165, 1.54) is 6.07 Å².